The summed E-state index contributed by atoms with van der Waals surface area (Å²) < 4.78 is 1.40. The Morgan fingerprint density at radius 2 is 1.00 bits per heavy atom. The van der Waals surface area contributed by atoms with Crippen LogP contribution in [0.15, 0.2) is 97.1 Å². The van der Waals surface area contributed by atoms with Crippen LogP contribution < -0.4 is 4.46 Å². The van der Waals surface area contributed by atoms with Gasteiger partial charge in [-0.1, -0.05) is 0 Å². The van der Waals surface area contributed by atoms with E-state index in [0.29, 0.717) is 5.92 Å². The van der Waals surface area contributed by atoms with Crippen molar-refractivity contribution >= 4 is 19.4 Å². The topological polar surface area (TPSA) is 0 Å². The third kappa shape index (κ3) is 2.07. The fourth-order valence-corrected chi connectivity index (χ4v) is 8.27. The van der Waals surface area contributed by atoms with Crippen molar-refractivity contribution in [3.8, 4) is 0 Å². The van der Waals surface area contributed by atoms with E-state index in [9.17, 15) is 0 Å². The Hall–Kier alpha value is -2.60. The Kier molecular flexibility index (Phi) is 3.47. The quantitative estimate of drug-likeness (QED) is 0.393. The molecule has 0 atom stereocenters. The molecule has 2 bridgehead atoms. The first-order chi connectivity index (χ1) is 13.8. The molecule has 3 aliphatic rings. The second-order valence-electron chi connectivity index (χ2n) is 7.79. The summed E-state index contributed by atoms with van der Waals surface area (Å²) in [5.41, 5.74) is 10.3. The molecule has 7 rings (SSSR count). The number of hydrogen-bond donors (Lipinski definition) is 0. The molecule has 4 aromatic rings. The summed E-state index contributed by atoms with van der Waals surface area (Å²) in [7, 11) is 0. The van der Waals surface area contributed by atoms with Gasteiger partial charge in [-0.15, -0.1) is 0 Å². The van der Waals surface area contributed by atoms with Gasteiger partial charge in [-0.05, 0) is 0 Å². The molecule has 3 aliphatic carbocycles. The minimum atomic E-state index is -0.0548. The Bertz CT molecular complexity index is 1090. The van der Waals surface area contributed by atoms with Gasteiger partial charge < -0.3 is 0 Å². The second-order valence-corrected chi connectivity index (χ2v) is 10.5. The first-order valence-corrected chi connectivity index (χ1v) is 11.5. The van der Waals surface area contributed by atoms with Crippen molar-refractivity contribution in [2.45, 2.75) is 17.2 Å². The van der Waals surface area contributed by atoms with E-state index in [4.69, 9.17) is 0 Å². The van der Waals surface area contributed by atoms with Crippen molar-refractivity contribution in [1.29, 1.82) is 0 Å². The molecular weight excluding hydrogens is 403 g/mol. The molecule has 1 heteroatoms. The van der Waals surface area contributed by atoms with Crippen LogP contribution in [0.2, 0.25) is 0 Å². The Morgan fingerprint density at radius 1 is 0.571 bits per heavy atom. The normalized spacial score (nSPS) is 21.0. The van der Waals surface area contributed by atoms with Gasteiger partial charge in [-0.2, -0.15) is 0 Å². The number of hydrogen-bond acceptors (Lipinski definition) is 0. The van der Waals surface area contributed by atoms with Gasteiger partial charge >= 0.3 is 173 Å². The maximum atomic E-state index is 2.38. The second kappa shape index (κ2) is 5.95. The van der Waals surface area contributed by atoms with Gasteiger partial charge in [0.15, 0.2) is 0 Å². The molecule has 0 heterocycles. The van der Waals surface area contributed by atoms with Crippen molar-refractivity contribution in [2.24, 2.45) is 0 Å². The van der Waals surface area contributed by atoms with Crippen molar-refractivity contribution in [3.05, 3.63) is 136 Å². The first kappa shape index (κ1) is 16.4. The molecule has 0 aliphatic heterocycles. The molecule has 0 saturated heterocycles. The third-order valence-corrected chi connectivity index (χ3v) is 9.34. The van der Waals surface area contributed by atoms with Gasteiger partial charge in [0.25, 0.3) is 0 Å². The summed E-state index contributed by atoms with van der Waals surface area (Å²) in [4.78, 5) is 0. The van der Waals surface area contributed by atoms with E-state index in [0.717, 1.165) is 0 Å². The molecule has 0 amide bonds. The molecule has 134 valence electrons. The molecular formula is C27H20Se. The van der Waals surface area contributed by atoms with Crippen LogP contribution in [-0.2, 0) is 4.31 Å². The predicted octanol–water partition coefficient (Wildman–Crippen LogP) is 5.12. The molecule has 0 fully saturated rings. The fraction of sp³-hybridized carbons (Fsp3) is 0.111. The van der Waals surface area contributed by atoms with Crippen LogP contribution in [0.3, 0.4) is 0 Å². The van der Waals surface area contributed by atoms with Gasteiger partial charge in [0.1, 0.15) is 0 Å². The summed E-state index contributed by atoms with van der Waals surface area (Å²) in [5, 5.41) is 0. The summed E-state index contributed by atoms with van der Waals surface area (Å²) in [6.45, 7) is 2.17. The zero-order valence-electron chi connectivity index (χ0n) is 15.7. The van der Waals surface area contributed by atoms with Gasteiger partial charge in [-0.3, -0.25) is 0 Å². The maximum absolute atomic E-state index is 2.38. The average Bonchev–Trinajstić information content (AvgIpc) is 2.76. The van der Waals surface area contributed by atoms with E-state index in [2.05, 4.69) is 104 Å². The van der Waals surface area contributed by atoms with Crippen molar-refractivity contribution in [1.82, 2.24) is 0 Å². The Morgan fingerprint density at radius 3 is 1.46 bits per heavy atom. The summed E-state index contributed by atoms with van der Waals surface area (Å²) in [5.74, 6) is 0.360. The fourth-order valence-electron chi connectivity index (χ4n) is 5.09. The van der Waals surface area contributed by atoms with Gasteiger partial charge in [0.2, 0.25) is 0 Å². The molecule has 0 radical (unpaired) electrons. The van der Waals surface area contributed by atoms with Crippen LogP contribution in [0.5, 0.6) is 0 Å². The van der Waals surface area contributed by atoms with E-state index < -0.39 is 0 Å². The average molecular weight is 423 g/mol. The van der Waals surface area contributed by atoms with E-state index in [1.165, 1.54) is 43.4 Å². The molecule has 0 saturated carbocycles. The van der Waals surface area contributed by atoms with E-state index in [-0.39, 0.29) is 19.3 Å². The number of benzene rings is 4. The molecule has 28 heavy (non-hydrogen) atoms. The summed E-state index contributed by atoms with van der Waals surface area (Å²) >= 11 is 0.244. The Labute approximate surface area is 172 Å². The van der Waals surface area contributed by atoms with Gasteiger partial charge in [-0.25, -0.2) is 0 Å². The van der Waals surface area contributed by atoms with Gasteiger partial charge in [0, 0.05) is 0 Å². The van der Waals surface area contributed by atoms with E-state index >= 15 is 0 Å². The molecule has 0 N–H and O–H groups in total. The van der Waals surface area contributed by atoms with Gasteiger partial charge in [0.05, 0.1) is 0 Å². The van der Waals surface area contributed by atoms with Crippen LogP contribution in [0.25, 0.3) is 0 Å². The molecule has 4 aromatic carbocycles. The minimum absolute atomic E-state index is 0.0548. The molecule has 0 spiro atoms. The zero-order valence-corrected chi connectivity index (χ0v) is 17.4. The molecule has 0 aromatic heterocycles. The predicted molar refractivity (Wildman–Crippen MR) is 117 cm³/mol. The summed E-state index contributed by atoms with van der Waals surface area (Å²) in [6, 6.07) is 36.6. The summed E-state index contributed by atoms with van der Waals surface area (Å²) in [6.07, 6.45) is 0. The molecule has 0 unspecified atom stereocenters. The van der Waals surface area contributed by atoms with E-state index in [1.54, 1.807) is 0 Å². The number of aryl methyl sites for hydroxylation is 1. The van der Waals surface area contributed by atoms with Crippen LogP contribution in [0.1, 0.15) is 44.9 Å². The van der Waals surface area contributed by atoms with Crippen LogP contribution in [-0.4, -0.2) is 15.0 Å². The van der Waals surface area contributed by atoms with E-state index in [1.807, 2.05) is 0 Å². The standard InChI is InChI=1S/C27H20Se/c1-18-14-16-19(17-15-18)28-27-23-11-5-2-8-20(23)26(21-9-3-6-12-24(21)27)22-10-4-7-13-25(22)27/h2-17,26H,1H3. The zero-order chi connectivity index (χ0) is 18.7. The number of rotatable bonds is 2. The third-order valence-electron chi connectivity index (χ3n) is 6.25. The SMILES string of the molecule is Cc1ccc([Se]C23c4ccccc4C(c4ccccc42)c2ccccc23)cc1. The van der Waals surface area contributed by atoms with Crippen LogP contribution >= 0.6 is 0 Å². The van der Waals surface area contributed by atoms with Crippen molar-refractivity contribution in [3.63, 3.8) is 0 Å². The van der Waals surface area contributed by atoms with Crippen molar-refractivity contribution in [2.75, 3.05) is 0 Å². The molecule has 0 nitrogen and oxygen atoms in total. The van der Waals surface area contributed by atoms with Crippen molar-refractivity contribution < 1.29 is 0 Å². The van der Waals surface area contributed by atoms with Crippen LogP contribution in [0.4, 0.5) is 0 Å². The first-order valence-electron chi connectivity index (χ1n) is 9.83. The van der Waals surface area contributed by atoms with Crippen LogP contribution in [0, 0.1) is 6.92 Å². The Balaban J connectivity index is 1.71. The monoisotopic (exact) mass is 424 g/mol.